The Balaban J connectivity index is 1.88. The van der Waals surface area contributed by atoms with Gasteiger partial charge in [0.05, 0.1) is 26.3 Å². The molecule has 0 radical (unpaired) electrons. The Morgan fingerprint density at radius 1 is 1.13 bits per heavy atom. The van der Waals surface area contributed by atoms with Crippen LogP contribution in [-0.2, 0) is 0 Å². The van der Waals surface area contributed by atoms with E-state index in [-0.39, 0.29) is 6.61 Å². The minimum absolute atomic E-state index is 0.259. The summed E-state index contributed by atoms with van der Waals surface area (Å²) in [6.07, 6.45) is 3.49. The molecule has 1 aliphatic rings. The van der Waals surface area contributed by atoms with Gasteiger partial charge in [0.15, 0.2) is 11.5 Å². The molecular weight excluding hydrogens is 294 g/mol. The minimum Gasteiger partial charge on any atom is -0.493 e. The predicted octanol–water partition coefficient (Wildman–Crippen LogP) is 0.947. The number of benzene rings is 1. The van der Waals surface area contributed by atoms with Crippen molar-refractivity contribution in [3.8, 4) is 11.5 Å². The van der Waals surface area contributed by atoms with Crippen LogP contribution >= 0.6 is 0 Å². The van der Waals surface area contributed by atoms with E-state index in [0.29, 0.717) is 17.9 Å². The van der Waals surface area contributed by atoms with Gasteiger partial charge in [0.1, 0.15) is 19.3 Å². The Morgan fingerprint density at radius 3 is 2.52 bits per heavy atom. The molecule has 0 unspecified atom stereocenters. The molecular formula is C18H30NO4+. The summed E-state index contributed by atoms with van der Waals surface area (Å²) in [5, 5.41) is 20.1. The second kappa shape index (κ2) is 9.11. The summed E-state index contributed by atoms with van der Waals surface area (Å²) in [5.74, 6) is 1.19. The zero-order valence-corrected chi connectivity index (χ0v) is 14.3. The van der Waals surface area contributed by atoms with Crippen LogP contribution in [0.1, 0.15) is 44.3 Å². The van der Waals surface area contributed by atoms with Crippen LogP contribution in [0.2, 0.25) is 0 Å². The Bertz CT molecular complexity index is 474. The van der Waals surface area contributed by atoms with Crippen LogP contribution in [0.3, 0.4) is 0 Å². The lowest BCUT2D eigenvalue weighted by Crippen LogP contribution is -3.14. The van der Waals surface area contributed by atoms with Crippen molar-refractivity contribution >= 4 is 0 Å². The summed E-state index contributed by atoms with van der Waals surface area (Å²) in [5.41, 5.74) is 0.815. The van der Waals surface area contributed by atoms with Gasteiger partial charge in [-0.05, 0) is 43.4 Å². The third kappa shape index (κ3) is 5.37. The van der Waals surface area contributed by atoms with Crippen LogP contribution in [0.5, 0.6) is 11.5 Å². The van der Waals surface area contributed by atoms with E-state index in [1.807, 2.05) is 13.0 Å². The Labute approximate surface area is 138 Å². The predicted molar refractivity (Wildman–Crippen MR) is 89.2 cm³/mol. The number of rotatable bonds is 8. The highest BCUT2D eigenvalue weighted by Gasteiger charge is 2.19. The molecule has 0 aromatic heterocycles. The van der Waals surface area contributed by atoms with Crippen molar-refractivity contribution in [2.45, 2.75) is 44.8 Å². The number of ether oxygens (including phenoxy) is 2. The number of hydrogen-bond donors (Lipinski definition) is 3. The van der Waals surface area contributed by atoms with Gasteiger partial charge in [-0.3, -0.25) is 0 Å². The molecule has 1 fully saturated rings. The van der Waals surface area contributed by atoms with Crippen molar-refractivity contribution in [2.75, 3.05) is 33.4 Å². The first-order valence-electron chi connectivity index (χ1n) is 8.64. The van der Waals surface area contributed by atoms with Gasteiger partial charge < -0.3 is 24.6 Å². The highest BCUT2D eigenvalue weighted by Crippen LogP contribution is 2.31. The first-order chi connectivity index (χ1) is 11.1. The lowest BCUT2D eigenvalue weighted by atomic mass is 10.1. The van der Waals surface area contributed by atoms with Crippen LogP contribution in [0.25, 0.3) is 0 Å². The Kier molecular flexibility index (Phi) is 7.15. The van der Waals surface area contributed by atoms with Gasteiger partial charge in [-0.2, -0.15) is 0 Å². The van der Waals surface area contributed by atoms with Gasteiger partial charge in [-0.1, -0.05) is 13.0 Å². The average Bonchev–Trinajstić information content (AvgIpc) is 2.60. The third-order valence-electron chi connectivity index (χ3n) is 4.48. The third-order valence-corrected chi connectivity index (χ3v) is 4.48. The topological polar surface area (TPSA) is 63.4 Å². The van der Waals surface area contributed by atoms with Gasteiger partial charge in [-0.15, -0.1) is 0 Å². The van der Waals surface area contributed by atoms with E-state index in [0.717, 1.165) is 25.2 Å². The number of methoxy groups -OCH3 is 1. The zero-order chi connectivity index (χ0) is 16.7. The molecule has 0 bridgehead atoms. The fraction of sp³-hybridized carbons (Fsp3) is 0.667. The first kappa shape index (κ1) is 18.0. The zero-order valence-electron chi connectivity index (χ0n) is 14.3. The van der Waals surface area contributed by atoms with Crippen LogP contribution < -0.4 is 14.4 Å². The first-order valence-corrected chi connectivity index (χ1v) is 8.64. The number of hydrogen-bond acceptors (Lipinski definition) is 4. The number of likely N-dealkylation sites (tertiary alicyclic amines) is 1. The molecule has 130 valence electrons. The van der Waals surface area contributed by atoms with Gasteiger partial charge in [0.2, 0.25) is 0 Å². The molecule has 0 spiro atoms. The standard InChI is InChI=1S/C18H29NO4/c1-3-16(21)14-7-8-17(18(11-14)22-2)23-13-15(20)12-19-9-5-4-6-10-19/h7-8,11,15-16,20-21H,3-6,9-10,12-13H2,1-2H3/p+1/t15-,16-/m1/s1. The Hall–Kier alpha value is -1.30. The number of piperidine rings is 1. The second-order valence-corrected chi connectivity index (χ2v) is 6.31. The SMILES string of the molecule is CC[C@@H](O)c1ccc(OC[C@H](O)C[NH+]2CCCCC2)c(OC)c1. The van der Waals surface area contributed by atoms with Crippen molar-refractivity contribution in [3.05, 3.63) is 23.8 Å². The molecule has 1 aromatic carbocycles. The maximum Gasteiger partial charge on any atom is 0.161 e. The van der Waals surface area contributed by atoms with E-state index >= 15 is 0 Å². The molecule has 5 heteroatoms. The van der Waals surface area contributed by atoms with Crippen molar-refractivity contribution < 1.29 is 24.6 Å². The normalized spacial score (nSPS) is 18.4. The van der Waals surface area contributed by atoms with E-state index in [4.69, 9.17) is 9.47 Å². The van der Waals surface area contributed by atoms with Gasteiger partial charge in [0, 0.05) is 0 Å². The molecule has 23 heavy (non-hydrogen) atoms. The molecule has 0 amide bonds. The molecule has 2 atom stereocenters. The number of quaternary nitrogens is 1. The molecule has 1 heterocycles. The number of nitrogens with one attached hydrogen (secondary N) is 1. The fourth-order valence-corrected chi connectivity index (χ4v) is 3.08. The lowest BCUT2D eigenvalue weighted by Gasteiger charge is -2.25. The summed E-state index contributed by atoms with van der Waals surface area (Å²) in [7, 11) is 1.58. The molecule has 1 aromatic rings. The monoisotopic (exact) mass is 324 g/mol. The quantitative estimate of drug-likeness (QED) is 0.666. The number of aliphatic hydroxyl groups excluding tert-OH is 2. The maximum absolute atomic E-state index is 10.2. The minimum atomic E-state index is -0.494. The maximum atomic E-state index is 10.2. The van der Waals surface area contributed by atoms with E-state index in [1.165, 1.54) is 24.2 Å². The van der Waals surface area contributed by atoms with Crippen molar-refractivity contribution in [1.82, 2.24) is 0 Å². The van der Waals surface area contributed by atoms with Crippen LogP contribution in [0.15, 0.2) is 18.2 Å². The summed E-state index contributed by atoms with van der Waals surface area (Å²) >= 11 is 0. The molecule has 1 saturated heterocycles. The smallest absolute Gasteiger partial charge is 0.161 e. The van der Waals surface area contributed by atoms with E-state index < -0.39 is 12.2 Å². The van der Waals surface area contributed by atoms with Crippen LogP contribution in [-0.4, -0.2) is 49.7 Å². The average molecular weight is 324 g/mol. The van der Waals surface area contributed by atoms with Crippen molar-refractivity contribution in [3.63, 3.8) is 0 Å². The molecule has 5 nitrogen and oxygen atoms in total. The van der Waals surface area contributed by atoms with E-state index in [1.54, 1.807) is 19.2 Å². The molecule has 3 N–H and O–H groups in total. The van der Waals surface area contributed by atoms with Crippen molar-refractivity contribution in [1.29, 1.82) is 0 Å². The van der Waals surface area contributed by atoms with Gasteiger partial charge >= 0.3 is 0 Å². The Morgan fingerprint density at radius 2 is 1.87 bits per heavy atom. The summed E-state index contributed by atoms with van der Waals surface area (Å²) in [6.45, 7) is 5.21. The lowest BCUT2D eigenvalue weighted by molar-refractivity contribution is -0.908. The van der Waals surface area contributed by atoms with Crippen LogP contribution in [0, 0.1) is 0 Å². The summed E-state index contributed by atoms with van der Waals surface area (Å²) in [4.78, 5) is 1.46. The molecule has 1 aliphatic heterocycles. The molecule has 2 rings (SSSR count). The summed E-state index contributed by atoms with van der Waals surface area (Å²) < 4.78 is 11.1. The fourth-order valence-electron chi connectivity index (χ4n) is 3.08. The van der Waals surface area contributed by atoms with E-state index in [2.05, 4.69) is 0 Å². The van der Waals surface area contributed by atoms with Gasteiger partial charge in [0.25, 0.3) is 0 Å². The summed E-state index contributed by atoms with van der Waals surface area (Å²) in [6, 6.07) is 5.44. The van der Waals surface area contributed by atoms with E-state index in [9.17, 15) is 10.2 Å². The van der Waals surface area contributed by atoms with Gasteiger partial charge in [-0.25, -0.2) is 0 Å². The highest BCUT2D eigenvalue weighted by molar-refractivity contribution is 5.43. The highest BCUT2D eigenvalue weighted by atomic mass is 16.5. The largest absolute Gasteiger partial charge is 0.493 e. The number of aliphatic hydroxyl groups is 2. The molecule has 0 aliphatic carbocycles. The molecule has 0 saturated carbocycles. The van der Waals surface area contributed by atoms with Crippen molar-refractivity contribution in [2.24, 2.45) is 0 Å². The van der Waals surface area contributed by atoms with Crippen LogP contribution in [0.4, 0.5) is 0 Å². The second-order valence-electron chi connectivity index (χ2n) is 6.31.